The van der Waals surface area contributed by atoms with Gasteiger partial charge < -0.3 is 0 Å². The predicted molar refractivity (Wildman–Crippen MR) is 50.1 cm³/mol. The third-order valence-electron chi connectivity index (χ3n) is 2.02. The van der Waals surface area contributed by atoms with Crippen molar-refractivity contribution >= 4 is 11.8 Å². The highest BCUT2D eigenvalue weighted by Crippen LogP contribution is 2.10. The number of hydrazine groups is 1. The monoisotopic (exact) mass is 203 g/mol. The van der Waals surface area contributed by atoms with Crippen LogP contribution in [-0.4, -0.2) is 36.1 Å². The summed E-state index contributed by atoms with van der Waals surface area (Å²) in [5.41, 5.74) is 4.06. The Labute approximate surface area is 83.2 Å². The minimum absolute atomic E-state index is 0.258. The number of nitrogens with one attached hydrogen (secondary N) is 2. The highest BCUT2D eigenvalue weighted by molar-refractivity contribution is 5.86. The first-order valence-electron chi connectivity index (χ1n) is 4.32. The Bertz CT molecular complexity index is 218. The van der Waals surface area contributed by atoms with Crippen molar-refractivity contribution in [3.8, 4) is 0 Å². The molecule has 6 nitrogen and oxygen atoms in total. The molecule has 0 radical (unpaired) electrons. The number of hydroxylamine groups is 1. The molecule has 0 aromatic carbocycles. The molecule has 14 heavy (non-hydrogen) atoms. The van der Waals surface area contributed by atoms with Gasteiger partial charge in [0, 0.05) is 25.9 Å². The number of carbonyl (C=O) groups excluding carboxylic acids is 2. The van der Waals surface area contributed by atoms with Crippen LogP contribution in [0.5, 0.6) is 0 Å². The molecule has 0 aliphatic carbocycles. The molecule has 3 N–H and O–H groups in total. The summed E-state index contributed by atoms with van der Waals surface area (Å²) >= 11 is 0. The zero-order chi connectivity index (χ0) is 11.3. The van der Waals surface area contributed by atoms with Crippen LogP contribution in [0, 0.1) is 11.8 Å². The van der Waals surface area contributed by atoms with E-state index >= 15 is 0 Å². The summed E-state index contributed by atoms with van der Waals surface area (Å²) in [4.78, 5) is 22.4. The van der Waals surface area contributed by atoms with E-state index in [0.717, 1.165) is 0 Å². The third kappa shape index (κ3) is 3.71. The van der Waals surface area contributed by atoms with Crippen molar-refractivity contribution in [2.24, 2.45) is 11.8 Å². The molecule has 0 aromatic rings. The largest absolute Gasteiger partial charge is 0.289 e. The molecule has 0 bridgehead atoms. The summed E-state index contributed by atoms with van der Waals surface area (Å²) in [5, 5.41) is 9.88. The van der Waals surface area contributed by atoms with Gasteiger partial charge in [0.1, 0.15) is 0 Å². The lowest BCUT2D eigenvalue weighted by molar-refractivity contribution is -0.140. The van der Waals surface area contributed by atoms with Crippen LogP contribution in [0.4, 0.5) is 0 Å². The molecule has 6 heteroatoms. The highest BCUT2D eigenvalue weighted by Gasteiger charge is 2.25. The normalized spacial score (nSPS) is 14.7. The van der Waals surface area contributed by atoms with Gasteiger partial charge in [-0.2, -0.15) is 0 Å². The molecular weight excluding hydrogens is 186 g/mol. The second-order valence-corrected chi connectivity index (χ2v) is 3.42. The molecule has 2 atom stereocenters. The number of amides is 2. The van der Waals surface area contributed by atoms with Crippen LogP contribution in [0.15, 0.2) is 0 Å². The van der Waals surface area contributed by atoms with Gasteiger partial charge in [-0.05, 0) is 0 Å². The van der Waals surface area contributed by atoms with Gasteiger partial charge in [-0.25, -0.2) is 10.5 Å². The number of hydrogen-bond donors (Lipinski definition) is 3. The Morgan fingerprint density at radius 3 is 1.93 bits per heavy atom. The summed E-state index contributed by atoms with van der Waals surface area (Å²) in [6, 6.07) is 0. The molecular formula is C8H17N3O3. The fourth-order valence-corrected chi connectivity index (χ4v) is 0.878. The minimum atomic E-state index is -0.569. The molecule has 2 unspecified atom stereocenters. The Morgan fingerprint density at radius 1 is 1.14 bits per heavy atom. The van der Waals surface area contributed by atoms with Crippen LogP contribution in [0.3, 0.4) is 0 Å². The van der Waals surface area contributed by atoms with Crippen LogP contribution in [0.2, 0.25) is 0 Å². The third-order valence-corrected chi connectivity index (χ3v) is 2.02. The second kappa shape index (κ2) is 5.56. The number of hydrogen-bond acceptors (Lipinski definition) is 4. The number of carbonyl (C=O) groups is 2. The lowest BCUT2D eigenvalue weighted by atomic mass is 9.95. The average molecular weight is 203 g/mol. The minimum Gasteiger partial charge on any atom is -0.289 e. The standard InChI is InChI=1S/C8H17N3O3/c1-5(6(2)8(13)10-14)7(12)9-11(3)4/h5-6,14H,1-4H3,(H,9,12)(H,10,13). The molecule has 0 fully saturated rings. The topological polar surface area (TPSA) is 81.7 Å². The van der Waals surface area contributed by atoms with Crippen LogP contribution in [0.25, 0.3) is 0 Å². The Kier molecular flexibility index (Phi) is 5.11. The van der Waals surface area contributed by atoms with Crippen LogP contribution < -0.4 is 10.9 Å². The second-order valence-electron chi connectivity index (χ2n) is 3.42. The number of rotatable bonds is 4. The molecule has 0 saturated carbocycles. The van der Waals surface area contributed by atoms with Gasteiger partial charge >= 0.3 is 0 Å². The maximum absolute atomic E-state index is 11.4. The van der Waals surface area contributed by atoms with Gasteiger partial charge in [0.05, 0.1) is 0 Å². The van der Waals surface area contributed by atoms with Crippen molar-refractivity contribution in [1.29, 1.82) is 0 Å². The zero-order valence-corrected chi connectivity index (χ0v) is 8.87. The zero-order valence-electron chi connectivity index (χ0n) is 8.87. The summed E-state index contributed by atoms with van der Waals surface area (Å²) in [6.07, 6.45) is 0. The molecule has 0 aliphatic heterocycles. The highest BCUT2D eigenvalue weighted by atomic mass is 16.5. The Morgan fingerprint density at radius 2 is 1.57 bits per heavy atom. The lowest BCUT2D eigenvalue weighted by Gasteiger charge is -2.20. The molecule has 0 spiro atoms. The first-order chi connectivity index (χ1) is 6.40. The van der Waals surface area contributed by atoms with Crippen molar-refractivity contribution in [2.45, 2.75) is 13.8 Å². The summed E-state index contributed by atoms with van der Waals surface area (Å²) in [6.45, 7) is 3.20. The van der Waals surface area contributed by atoms with Crippen molar-refractivity contribution in [1.82, 2.24) is 15.9 Å². The molecule has 0 heterocycles. The van der Waals surface area contributed by atoms with E-state index in [1.165, 1.54) is 10.5 Å². The molecule has 2 amide bonds. The van der Waals surface area contributed by atoms with Gasteiger partial charge in [0.25, 0.3) is 0 Å². The van der Waals surface area contributed by atoms with E-state index in [1.807, 2.05) is 0 Å². The molecule has 0 aromatic heterocycles. The van der Waals surface area contributed by atoms with Crippen molar-refractivity contribution in [3.63, 3.8) is 0 Å². The molecule has 0 aliphatic rings. The SMILES string of the molecule is CC(C(=O)NO)C(C)C(=O)NN(C)C. The predicted octanol–water partition coefficient (Wildman–Crippen LogP) is -0.643. The van der Waals surface area contributed by atoms with E-state index in [1.54, 1.807) is 27.9 Å². The van der Waals surface area contributed by atoms with Crippen molar-refractivity contribution in [3.05, 3.63) is 0 Å². The average Bonchev–Trinajstić information content (AvgIpc) is 2.13. The van der Waals surface area contributed by atoms with Crippen molar-refractivity contribution in [2.75, 3.05) is 14.1 Å². The first-order valence-corrected chi connectivity index (χ1v) is 4.32. The fraction of sp³-hybridized carbons (Fsp3) is 0.750. The van der Waals surface area contributed by atoms with Crippen LogP contribution >= 0.6 is 0 Å². The Balaban J connectivity index is 4.24. The number of nitrogens with zero attached hydrogens (tertiary/aromatic N) is 1. The van der Waals surface area contributed by atoms with Gasteiger partial charge in [0.2, 0.25) is 11.8 Å². The van der Waals surface area contributed by atoms with Gasteiger partial charge in [-0.15, -0.1) is 0 Å². The summed E-state index contributed by atoms with van der Waals surface area (Å²) in [7, 11) is 3.36. The van der Waals surface area contributed by atoms with Crippen LogP contribution in [-0.2, 0) is 9.59 Å². The van der Waals surface area contributed by atoms with E-state index in [9.17, 15) is 9.59 Å². The molecule has 82 valence electrons. The molecule has 0 rings (SSSR count). The Hall–Kier alpha value is -1.14. The maximum atomic E-state index is 11.4. The summed E-state index contributed by atoms with van der Waals surface area (Å²) < 4.78 is 0. The van der Waals surface area contributed by atoms with E-state index in [-0.39, 0.29) is 5.91 Å². The van der Waals surface area contributed by atoms with Crippen molar-refractivity contribution < 1.29 is 14.8 Å². The van der Waals surface area contributed by atoms with Gasteiger partial charge in [-0.1, -0.05) is 13.8 Å². The van der Waals surface area contributed by atoms with E-state index in [2.05, 4.69) is 5.43 Å². The molecule has 0 saturated heterocycles. The van der Waals surface area contributed by atoms with E-state index in [4.69, 9.17) is 5.21 Å². The first kappa shape index (κ1) is 12.9. The maximum Gasteiger partial charge on any atom is 0.246 e. The van der Waals surface area contributed by atoms with E-state index in [0.29, 0.717) is 0 Å². The van der Waals surface area contributed by atoms with Gasteiger partial charge in [0.15, 0.2) is 0 Å². The van der Waals surface area contributed by atoms with Gasteiger partial charge in [-0.3, -0.25) is 20.2 Å². The van der Waals surface area contributed by atoms with E-state index < -0.39 is 17.7 Å². The smallest absolute Gasteiger partial charge is 0.246 e. The fourth-order valence-electron chi connectivity index (χ4n) is 0.878. The quantitative estimate of drug-likeness (QED) is 0.419. The lowest BCUT2D eigenvalue weighted by Crippen LogP contribution is -2.43. The van der Waals surface area contributed by atoms with Crippen LogP contribution in [0.1, 0.15) is 13.8 Å². The summed E-state index contributed by atoms with van der Waals surface area (Å²) in [5.74, 6) is -1.89.